The van der Waals surface area contributed by atoms with Crippen LogP contribution in [0.4, 0.5) is 4.79 Å². The molecule has 1 aliphatic carbocycles. The molecule has 5 nitrogen and oxygen atoms in total. The second kappa shape index (κ2) is 6.79. The van der Waals surface area contributed by atoms with Crippen molar-refractivity contribution in [3.05, 3.63) is 29.8 Å². The predicted molar refractivity (Wildman–Crippen MR) is 90.5 cm³/mol. The van der Waals surface area contributed by atoms with Crippen LogP contribution in [0.3, 0.4) is 0 Å². The zero-order chi connectivity index (χ0) is 17.1. The van der Waals surface area contributed by atoms with E-state index in [2.05, 4.69) is 5.32 Å². The molecule has 0 atom stereocenters. The van der Waals surface area contributed by atoms with Crippen molar-refractivity contribution in [2.75, 3.05) is 7.11 Å². The molecule has 0 unspecified atom stereocenters. The Kier molecular flexibility index (Phi) is 5.19. The monoisotopic (exact) mass is 320 g/mol. The van der Waals surface area contributed by atoms with E-state index in [0.717, 1.165) is 37.0 Å². The number of rotatable bonds is 3. The van der Waals surface area contributed by atoms with Crippen molar-refractivity contribution in [3.63, 3.8) is 0 Å². The molecule has 5 heteroatoms. The highest BCUT2D eigenvalue weighted by atomic mass is 16.6. The van der Waals surface area contributed by atoms with Crippen LogP contribution in [0, 0.1) is 0 Å². The van der Waals surface area contributed by atoms with Gasteiger partial charge in [-0.15, -0.1) is 0 Å². The minimum Gasteiger partial charge on any atom is -0.497 e. The van der Waals surface area contributed by atoms with Crippen LogP contribution in [0.25, 0.3) is 0 Å². The molecule has 1 aromatic carbocycles. The number of amides is 1. The van der Waals surface area contributed by atoms with Gasteiger partial charge in [0.05, 0.1) is 7.11 Å². The Morgan fingerprint density at radius 2 is 1.96 bits per heavy atom. The van der Waals surface area contributed by atoms with E-state index in [1.165, 1.54) is 0 Å². The summed E-state index contributed by atoms with van der Waals surface area (Å²) in [7, 11) is 1.66. The first-order valence-electron chi connectivity index (χ1n) is 8.15. The fraction of sp³-hybridized carbons (Fsp3) is 0.611. The van der Waals surface area contributed by atoms with E-state index in [9.17, 15) is 4.79 Å². The van der Waals surface area contributed by atoms with Gasteiger partial charge in [-0.25, -0.2) is 4.79 Å². The van der Waals surface area contributed by atoms with Gasteiger partial charge in [0, 0.05) is 11.6 Å². The smallest absolute Gasteiger partial charge is 0.407 e. The third-order valence-electron chi connectivity index (χ3n) is 4.24. The fourth-order valence-corrected chi connectivity index (χ4v) is 2.97. The van der Waals surface area contributed by atoms with Crippen LogP contribution < -0.4 is 15.8 Å². The standard InChI is InChI=1S/C18H28N2O3/c1-17(2,3)23-16(21)20-14-8-10-18(19,11-9-14)13-6-5-7-15(12-13)22-4/h5-7,12,14H,8-11,19H2,1-4H3,(H,20,21). The van der Waals surface area contributed by atoms with Crippen molar-refractivity contribution in [1.29, 1.82) is 0 Å². The number of hydrogen-bond donors (Lipinski definition) is 2. The van der Waals surface area contributed by atoms with Crippen LogP contribution >= 0.6 is 0 Å². The number of ether oxygens (including phenoxy) is 2. The lowest BCUT2D eigenvalue weighted by Gasteiger charge is -2.38. The van der Waals surface area contributed by atoms with Gasteiger partial charge in [0.25, 0.3) is 0 Å². The summed E-state index contributed by atoms with van der Waals surface area (Å²) in [6, 6.07) is 8.05. The maximum absolute atomic E-state index is 11.9. The maximum atomic E-state index is 11.9. The van der Waals surface area contributed by atoms with Crippen molar-refractivity contribution < 1.29 is 14.3 Å². The van der Waals surface area contributed by atoms with Gasteiger partial charge in [0.15, 0.2) is 0 Å². The number of carbonyl (C=O) groups excluding carboxylic acids is 1. The van der Waals surface area contributed by atoms with Crippen LogP contribution in [0.15, 0.2) is 24.3 Å². The molecule has 0 aliphatic heterocycles. The molecule has 23 heavy (non-hydrogen) atoms. The van der Waals surface area contributed by atoms with Gasteiger partial charge in [-0.3, -0.25) is 0 Å². The highest BCUT2D eigenvalue weighted by Gasteiger charge is 2.34. The molecule has 1 aliphatic rings. The number of nitrogens with one attached hydrogen (secondary N) is 1. The van der Waals surface area contributed by atoms with Crippen molar-refractivity contribution in [2.24, 2.45) is 5.73 Å². The lowest BCUT2D eigenvalue weighted by atomic mass is 9.75. The zero-order valence-corrected chi connectivity index (χ0v) is 14.5. The topological polar surface area (TPSA) is 73.6 Å². The van der Waals surface area contributed by atoms with Crippen molar-refractivity contribution >= 4 is 6.09 Å². The Balaban J connectivity index is 1.93. The van der Waals surface area contributed by atoms with E-state index >= 15 is 0 Å². The largest absolute Gasteiger partial charge is 0.497 e. The third-order valence-corrected chi connectivity index (χ3v) is 4.24. The lowest BCUT2D eigenvalue weighted by molar-refractivity contribution is 0.0483. The summed E-state index contributed by atoms with van der Waals surface area (Å²) in [5, 5.41) is 2.95. The summed E-state index contributed by atoms with van der Waals surface area (Å²) < 4.78 is 10.6. The quantitative estimate of drug-likeness (QED) is 0.896. The third kappa shape index (κ3) is 4.86. The molecule has 1 amide bonds. The maximum Gasteiger partial charge on any atom is 0.407 e. The lowest BCUT2D eigenvalue weighted by Crippen LogP contribution is -2.47. The molecule has 1 saturated carbocycles. The number of benzene rings is 1. The van der Waals surface area contributed by atoms with Gasteiger partial charge < -0.3 is 20.5 Å². The minimum absolute atomic E-state index is 0.118. The van der Waals surface area contributed by atoms with Crippen LogP contribution in [0.1, 0.15) is 52.0 Å². The number of carbonyl (C=O) groups is 1. The molecule has 0 saturated heterocycles. The van der Waals surface area contributed by atoms with E-state index in [1.54, 1.807) is 7.11 Å². The number of methoxy groups -OCH3 is 1. The van der Waals surface area contributed by atoms with Crippen LogP contribution in [0.2, 0.25) is 0 Å². The summed E-state index contributed by atoms with van der Waals surface area (Å²) in [6.45, 7) is 5.59. The summed E-state index contributed by atoms with van der Waals surface area (Å²) in [6.07, 6.45) is 2.97. The second-order valence-electron chi connectivity index (χ2n) is 7.31. The Hall–Kier alpha value is -1.75. The Bertz CT molecular complexity index is 543. The van der Waals surface area contributed by atoms with Crippen LogP contribution in [-0.2, 0) is 10.3 Å². The van der Waals surface area contributed by atoms with Gasteiger partial charge in [0.2, 0.25) is 0 Å². The predicted octanol–water partition coefficient (Wildman–Crippen LogP) is 3.32. The van der Waals surface area contributed by atoms with Crippen LogP contribution in [-0.4, -0.2) is 24.8 Å². The molecule has 0 spiro atoms. The summed E-state index contributed by atoms with van der Waals surface area (Å²) in [5.74, 6) is 0.821. The highest BCUT2D eigenvalue weighted by molar-refractivity contribution is 5.68. The van der Waals surface area contributed by atoms with Gasteiger partial charge in [-0.1, -0.05) is 12.1 Å². The average molecular weight is 320 g/mol. The number of hydrogen-bond acceptors (Lipinski definition) is 4. The van der Waals surface area contributed by atoms with Crippen LogP contribution in [0.5, 0.6) is 5.75 Å². The van der Waals surface area contributed by atoms with Crippen molar-refractivity contribution in [3.8, 4) is 5.75 Å². The minimum atomic E-state index is -0.475. The molecular weight excluding hydrogens is 292 g/mol. The first kappa shape index (κ1) is 17.6. The Morgan fingerprint density at radius 1 is 1.30 bits per heavy atom. The number of nitrogens with two attached hydrogens (primary N) is 1. The zero-order valence-electron chi connectivity index (χ0n) is 14.5. The molecule has 3 N–H and O–H groups in total. The van der Waals surface area contributed by atoms with Gasteiger partial charge in [-0.05, 0) is 64.2 Å². The van der Waals surface area contributed by atoms with Gasteiger partial charge in [0.1, 0.15) is 11.4 Å². The van der Waals surface area contributed by atoms with E-state index in [-0.39, 0.29) is 17.7 Å². The molecule has 0 aromatic heterocycles. The molecule has 2 rings (SSSR count). The van der Waals surface area contributed by atoms with Crippen molar-refractivity contribution in [1.82, 2.24) is 5.32 Å². The highest BCUT2D eigenvalue weighted by Crippen LogP contribution is 2.36. The molecule has 1 aromatic rings. The first-order valence-corrected chi connectivity index (χ1v) is 8.15. The molecule has 0 bridgehead atoms. The summed E-state index contributed by atoms with van der Waals surface area (Å²) in [4.78, 5) is 11.9. The molecule has 1 fully saturated rings. The van der Waals surface area contributed by atoms with E-state index in [0.29, 0.717) is 0 Å². The second-order valence-corrected chi connectivity index (χ2v) is 7.31. The van der Waals surface area contributed by atoms with E-state index < -0.39 is 5.60 Å². The Labute approximate surface area is 138 Å². The Morgan fingerprint density at radius 3 is 2.52 bits per heavy atom. The normalized spacial score (nSPS) is 24.8. The molecular formula is C18H28N2O3. The number of alkyl carbamates (subject to hydrolysis) is 1. The van der Waals surface area contributed by atoms with Gasteiger partial charge in [-0.2, -0.15) is 0 Å². The molecule has 0 heterocycles. The summed E-state index contributed by atoms with van der Waals surface area (Å²) >= 11 is 0. The molecule has 0 radical (unpaired) electrons. The SMILES string of the molecule is COc1cccc(C2(N)CCC(NC(=O)OC(C)(C)C)CC2)c1. The fourth-order valence-electron chi connectivity index (χ4n) is 2.97. The average Bonchev–Trinajstić information content (AvgIpc) is 2.48. The van der Waals surface area contributed by atoms with E-state index in [1.807, 2.05) is 45.0 Å². The van der Waals surface area contributed by atoms with E-state index in [4.69, 9.17) is 15.2 Å². The van der Waals surface area contributed by atoms with Crippen molar-refractivity contribution in [2.45, 2.75) is 63.6 Å². The van der Waals surface area contributed by atoms with Gasteiger partial charge >= 0.3 is 6.09 Å². The molecule has 128 valence electrons. The first-order chi connectivity index (χ1) is 10.7. The summed E-state index contributed by atoms with van der Waals surface area (Å²) in [5.41, 5.74) is 6.85.